The van der Waals surface area contributed by atoms with E-state index in [4.69, 9.17) is 4.74 Å². The first kappa shape index (κ1) is 20.4. The van der Waals surface area contributed by atoms with E-state index in [1.807, 2.05) is 6.07 Å². The molecule has 3 aromatic carbocycles. The Morgan fingerprint density at radius 2 is 1.42 bits per heavy atom. The first-order valence-electron chi connectivity index (χ1n) is 8.50. The van der Waals surface area contributed by atoms with Crippen LogP contribution < -0.4 is 32.3 Å². The van der Waals surface area contributed by atoms with Gasteiger partial charge in [0.15, 0.2) is 0 Å². The van der Waals surface area contributed by atoms with Crippen LogP contribution in [-0.2, 0) is 6.16 Å². The van der Waals surface area contributed by atoms with Gasteiger partial charge in [-0.05, 0) is 42.0 Å². The van der Waals surface area contributed by atoms with E-state index in [2.05, 4.69) is 91.5 Å². The zero-order chi connectivity index (χ0) is 17.5. The molecular weight excluding hydrogens is 403 g/mol. The van der Waals surface area contributed by atoms with Crippen molar-refractivity contribution in [1.82, 2.24) is 0 Å². The Hall–Kier alpha value is -1.89. The largest absolute Gasteiger partial charge is 1.00 e. The Balaban J connectivity index is 0.00000243. The van der Waals surface area contributed by atoms with E-state index in [-0.39, 0.29) is 17.0 Å². The molecule has 0 radical (unpaired) electrons. The highest BCUT2D eigenvalue weighted by atomic mass is 79.9. The number of ether oxygens (including phenoxy) is 1. The molecule has 134 valence electrons. The van der Waals surface area contributed by atoms with E-state index in [0.29, 0.717) is 0 Å². The quantitative estimate of drug-likeness (QED) is 0.415. The van der Waals surface area contributed by atoms with E-state index in [0.717, 1.165) is 18.1 Å². The number of allylic oxidation sites excluding steroid dienone is 1. The predicted molar refractivity (Wildman–Crippen MR) is 111 cm³/mol. The standard InChI is InChI=1S/C23H24OP.BrH/c1-3-17-25(22-13-6-4-7-14-22,23-15-8-5-9-16-23)19-20-11-10-12-21(18-20)24-2;/h3-16,18H,1,17,19H2,2H3;1H/q+1;/p-1. The van der Waals surface area contributed by atoms with E-state index in [9.17, 15) is 0 Å². The van der Waals surface area contributed by atoms with Gasteiger partial charge in [-0.25, -0.2) is 0 Å². The minimum Gasteiger partial charge on any atom is -1.00 e. The smallest absolute Gasteiger partial charge is 0.119 e. The summed E-state index contributed by atoms with van der Waals surface area (Å²) in [6, 6.07) is 30.2. The third-order valence-electron chi connectivity index (χ3n) is 4.53. The maximum absolute atomic E-state index is 5.43. The summed E-state index contributed by atoms with van der Waals surface area (Å²) in [5, 5.41) is 2.84. The van der Waals surface area contributed by atoms with Gasteiger partial charge in [0.1, 0.15) is 5.75 Å². The molecule has 3 heteroatoms. The Morgan fingerprint density at radius 3 is 1.92 bits per heavy atom. The molecule has 0 saturated heterocycles. The van der Waals surface area contributed by atoms with Crippen LogP contribution in [0.2, 0.25) is 0 Å². The van der Waals surface area contributed by atoms with Crippen molar-refractivity contribution in [3.8, 4) is 5.75 Å². The average molecular weight is 427 g/mol. The first-order chi connectivity index (χ1) is 12.3. The van der Waals surface area contributed by atoms with E-state index in [1.165, 1.54) is 16.2 Å². The van der Waals surface area contributed by atoms with Crippen LogP contribution >= 0.6 is 7.26 Å². The molecule has 0 aromatic heterocycles. The summed E-state index contributed by atoms with van der Waals surface area (Å²) in [6.45, 7) is 4.07. The number of hydrogen-bond acceptors (Lipinski definition) is 1. The van der Waals surface area contributed by atoms with Crippen molar-refractivity contribution in [2.24, 2.45) is 0 Å². The predicted octanol–water partition coefficient (Wildman–Crippen LogP) is 2.05. The van der Waals surface area contributed by atoms with Crippen LogP contribution in [0.4, 0.5) is 0 Å². The van der Waals surface area contributed by atoms with Gasteiger partial charge in [0.25, 0.3) is 0 Å². The van der Waals surface area contributed by atoms with Crippen molar-refractivity contribution in [3.05, 3.63) is 103 Å². The van der Waals surface area contributed by atoms with Gasteiger partial charge in [-0.1, -0.05) is 61.2 Å². The van der Waals surface area contributed by atoms with Gasteiger partial charge in [0.2, 0.25) is 0 Å². The molecule has 1 nitrogen and oxygen atoms in total. The highest BCUT2D eigenvalue weighted by molar-refractivity contribution is 7.89. The summed E-state index contributed by atoms with van der Waals surface area (Å²) < 4.78 is 5.43. The molecule has 0 unspecified atom stereocenters. The van der Waals surface area contributed by atoms with Gasteiger partial charge in [-0.3, -0.25) is 0 Å². The Morgan fingerprint density at radius 1 is 0.846 bits per heavy atom. The van der Waals surface area contributed by atoms with Crippen LogP contribution in [0.15, 0.2) is 97.6 Å². The maximum atomic E-state index is 5.43. The molecule has 0 amide bonds. The summed E-state index contributed by atoms with van der Waals surface area (Å²) in [7, 11) is 0.0951. The second kappa shape index (κ2) is 9.71. The summed E-state index contributed by atoms with van der Waals surface area (Å²) in [4.78, 5) is 0. The number of methoxy groups -OCH3 is 1. The lowest BCUT2D eigenvalue weighted by molar-refractivity contribution is -0.00000532. The van der Waals surface area contributed by atoms with E-state index < -0.39 is 7.26 Å². The molecule has 0 aliphatic heterocycles. The number of benzene rings is 3. The van der Waals surface area contributed by atoms with Crippen LogP contribution in [0.1, 0.15) is 5.56 Å². The van der Waals surface area contributed by atoms with Crippen molar-refractivity contribution >= 4 is 17.9 Å². The minimum atomic E-state index is -1.63. The molecular formula is C23H24BrOP. The molecule has 0 aliphatic carbocycles. The third kappa shape index (κ3) is 4.44. The number of halogens is 1. The second-order valence-electron chi connectivity index (χ2n) is 6.12. The SMILES string of the molecule is C=CC[P+](Cc1cccc(OC)c1)(c1ccccc1)c1ccccc1.[Br-]. The van der Waals surface area contributed by atoms with Gasteiger partial charge in [0.05, 0.1) is 37.3 Å². The fourth-order valence-electron chi connectivity index (χ4n) is 3.34. The normalized spacial score (nSPS) is 10.7. The van der Waals surface area contributed by atoms with Crippen molar-refractivity contribution in [3.63, 3.8) is 0 Å². The molecule has 0 fully saturated rings. The monoisotopic (exact) mass is 426 g/mol. The van der Waals surface area contributed by atoms with Crippen LogP contribution in [0.3, 0.4) is 0 Å². The third-order valence-corrected chi connectivity index (χ3v) is 8.89. The van der Waals surface area contributed by atoms with Crippen LogP contribution in [0.5, 0.6) is 5.75 Å². The lowest BCUT2D eigenvalue weighted by Crippen LogP contribution is -3.00. The van der Waals surface area contributed by atoms with Crippen LogP contribution in [0, 0.1) is 0 Å². The van der Waals surface area contributed by atoms with Crippen LogP contribution in [0.25, 0.3) is 0 Å². The summed E-state index contributed by atoms with van der Waals surface area (Å²) in [6.07, 6.45) is 4.07. The van der Waals surface area contributed by atoms with Crippen molar-refractivity contribution < 1.29 is 21.7 Å². The van der Waals surface area contributed by atoms with Crippen molar-refractivity contribution in [2.75, 3.05) is 13.3 Å². The molecule has 0 aliphatic rings. The van der Waals surface area contributed by atoms with Gasteiger partial charge in [-0.15, -0.1) is 0 Å². The molecule has 26 heavy (non-hydrogen) atoms. The number of rotatable bonds is 7. The molecule has 3 aromatic rings. The van der Waals surface area contributed by atoms with Gasteiger partial charge >= 0.3 is 0 Å². The molecule has 0 bridgehead atoms. The van der Waals surface area contributed by atoms with Gasteiger partial charge in [0, 0.05) is 0 Å². The summed E-state index contributed by atoms with van der Waals surface area (Å²) in [5.41, 5.74) is 1.31. The Bertz CT molecular complexity index is 778. The Labute approximate surface area is 167 Å². The molecule has 3 rings (SSSR count). The fraction of sp³-hybridized carbons (Fsp3) is 0.130. The van der Waals surface area contributed by atoms with Crippen molar-refractivity contribution in [2.45, 2.75) is 6.16 Å². The highest BCUT2D eigenvalue weighted by Crippen LogP contribution is 2.59. The maximum Gasteiger partial charge on any atom is 0.119 e. The van der Waals surface area contributed by atoms with Gasteiger partial charge in [-0.2, -0.15) is 0 Å². The number of hydrogen-bond donors (Lipinski definition) is 0. The Kier molecular flexibility index (Phi) is 7.63. The minimum absolute atomic E-state index is 0. The van der Waals surface area contributed by atoms with Crippen molar-refractivity contribution in [1.29, 1.82) is 0 Å². The topological polar surface area (TPSA) is 9.23 Å². The summed E-state index contributed by atoms with van der Waals surface area (Å²) in [5.74, 6) is 0.912. The zero-order valence-electron chi connectivity index (χ0n) is 15.0. The molecule has 0 spiro atoms. The highest BCUT2D eigenvalue weighted by Gasteiger charge is 2.41. The van der Waals surface area contributed by atoms with Crippen LogP contribution in [-0.4, -0.2) is 13.3 Å². The average Bonchev–Trinajstić information content (AvgIpc) is 2.69. The second-order valence-corrected chi connectivity index (χ2v) is 9.77. The zero-order valence-corrected chi connectivity index (χ0v) is 17.5. The molecule has 0 atom stereocenters. The van der Waals surface area contributed by atoms with E-state index >= 15 is 0 Å². The van der Waals surface area contributed by atoms with Gasteiger partial charge < -0.3 is 21.7 Å². The lowest BCUT2D eigenvalue weighted by Gasteiger charge is -2.27. The molecule has 0 N–H and O–H groups in total. The molecule has 0 saturated carbocycles. The van der Waals surface area contributed by atoms with E-state index in [1.54, 1.807) is 7.11 Å². The fourth-order valence-corrected chi connectivity index (χ4v) is 7.30. The first-order valence-corrected chi connectivity index (χ1v) is 10.7. The molecule has 0 heterocycles. The summed E-state index contributed by atoms with van der Waals surface area (Å²) >= 11 is 0. The lowest BCUT2D eigenvalue weighted by atomic mass is 10.2.